The lowest BCUT2D eigenvalue weighted by molar-refractivity contribution is 1.08. The first-order valence-electron chi connectivity index (χ1n) is 6.13. The summed E-state index contributed by atoms with van der Waals surface area (Å²) in [4.78, 5) is 11.4. The van der Waals surface area contributed by atoms with Gasteiger partial charge in [0.15, 0.2) is 17.1 Å². The Bertz CT molecular complexity index is 934. The highest BCUT2D eigenvalue weighted by Gasteiger charge is 2.14. The Morgan fingerprint density at radius 3 is 2.95 bits per heavy atom. The molecule has 0 fully saturated rings. The number of fused-ring (bicyclic) bond motifs is 3. The molecule has 4 aromatic rings. The summed E-state index contributed by atoms with van der Waals surface area (Å²) < 4.78 is 1.85. The molecule has 7 heteroatoms. The number of aryl methyl sites for hydroxylation is 1. The molecular weight excluding hydrogens is 254 g/mol. The second-order valence-electron chi connectivity index (χ2n) is 4.64. The summed E-state index contributed by atoms with van der Waals surface area (Å²) in [5, 5.41) is 8.50. The van der Waals surface area contributed by atoms with Crippen molar-refractivity contribution >= 4 is 22.5 Å². The minimum atomic E-state index is 0.630. The number of nitrogens with two attached hydrogens (primary N) is 1. The molecule has 0 saturated carbocycles. The van der Waals surface area contributed by atoms with Crippen LogP contribution < -0.4 is 5.73 Å². The molecule has 0 amide bonds. The van der Waals surface area contributed by atoms with Crippen LogP contribution in [0.1, 0.15) is 5.56 Å². The van der Waals surface area contributed by atoms with E-state index >= 15 is 0 Å². The fourth-order valence-electron chi connectivity index (χ4n) is 2.35. The molecule has 0 unspecified atom stereocenters. The number of anilines is 1. The standard InChI is InChI=1S/C13H11N7/c1-7-4-8(14)2-3-9(7)12-18-19-13-10-11(16-5-15-10)17-6-20(12)13/h2-6H,14H2,1H3,(H,15,16). The van der Waals surface area contributed by atoms with Crippen molar-refractivity contribution in [2.75, 3.05) is 5.73 Å². The fraction of sp³-hybridized carbons (Fsp3) is 0.0769. The zero-order valence-corrected chi connectivity index (χ0v) is 10.7. The number of rotatable bonds is 1. The smallest absolute Gasteiger partial charge is 0.190 e. The van der Waals surface area contributed by atoms with E-state index in [0.717, 1.165) is 28.2 Å². The van der Waals surface area contributed by atoms with E-state index in [1.54, 1.807) is 12.7 Å². The second-order valence-corrected chi connectivity index (χ2v) is 4.64. The Hall–Kier alpha value is -2.96. The van der Waals surface area contributed by atoms with Gasteiger partial charge in [-0.15, -0.1) is 10.2 Å². The van der Waals surface area contributed by atoms with E-state index in [2.05, 4.69) is 25.1 Å². The highest BCUT2D eigenvalue weighted by molar-refractivity contribution is 5.85. The van der Waals surface area contributed by atoms with Crippen LogP contribution >= 0.6 is 0 Å². The van der Waals surface area contributed by atoms with E-state index in [4.69, 9.17) is 5.73 Å². The molecule has 0 radical (unpaired) electrons. The molecule has 1 aromatic carbocycles. The van der Waals surface area contributed by atoms with Crippen LogP contribution in [0, 0.1) is 6.92 Å². The van der Waals surface area contributed by atoms with Crippen molar-refractivity contribution in [3.05, 3.63) is 36.4 Å². The molecule has 0 aliphatic rings. The Balaban J connectivity index is 2.05. The van der Waals surface area contributed by atoms with Crippen LogP contribution in [0.25, 0.3) is 28.2 Å². The van der Waals surface area contributed by atoms with Gasteiger partial charge in [-0.05, 0) is 30.7 Å². The molecule has 4 rings (SSSR count). The molecule has 0 aliphatic carbocycles. The van der Waals surface area contributed by atoms with Gasteiger partial charge in [0, 0.05) is 11.3 Å². The average Bonchev–Trinajstić information content (AvgIpc) is 3.03. The van der Waals surface area contributed by atoms with Crippen molar-refractivity contribution in [2.45, 2.75) is 6.92 Å². The lowest BCUT2D eigenvalue weighted by atomic mass is 10.1. The van der Waals surface area contributed by atoms with Gasteiger partial charge in [-0.1, -0.05) is 0 Å². The zero-order valence-electron chi connectivity index (χ0n) is 10.7. The van der Waals surface area contributed by atoms with Crippen molar-refractivity contribution < 1.29 is 0 Å². The van der Waals surface area contributed by atoms with Crippen LogP contribution in [0.5, 0.6) is 0 Å². The summed E-state index contributed by atoms with van der Waals surface area (Å²) in [6, 6.07) is 5.71. The first kappa shape index (κ1) is 10.9. The van der Waals surface area contributed by atoms with Gasteiger partial charge in [0.2, 0.25) is 0 Å². The van der Waals surface area contributed by atoms with Crippen LogP contribution in [-0.2, 0) is 0 Å². The third-order valence-corrected chi connectivity index (χ3v) is 3.33. The maximum absolute atomic E-state index is 5.79. The van der Waals surface area contributed by atoms with Crippen LogP contribution in [0.4, 0.5) is 5.69 Å². The maximum Gasteiger partial charge on any atom is 0.190 e. The van der Waals surface area contributed by atoms with E-state index in [1.807, 2.05) is 29.5 Å². The van der Waals surface area contributed by atoms with E-state index in [9.17, 15) is 0 Å². The normalized spacial score (nSPS) is 11.4. The first-order valence-corrected chi connectivity index (χ1v) is 6.13. The second kappa shape index (κ2) is 3.77. The van der Waals surface area contributed by atoms with Gasteiger partial charge in [-0.25, -0.2) is 9.97 Å². The largest absolute Gasteiger partial charge is 0.399 e. The third kappa shape index (κ3) is 1.40. The molecule has 3 aromatic heterocycles. The number of aromatic amines is 1. The molecule has 3 N–H and O–H groups in total. The highest BCUT2D eigenvalue weighted by Crippen LogP contribution is 2.25. The summed E-state index contributed by atoms with van der Waals surface area (Å²) in [7, 11) is 0. The molecule has 98 valence electrons. The SMILES string of the molecule is Cc1cc(N)ccc1-c1nnc2c3[nH]cnc3ncn12. The number of hydrogen-bond acceptors (Lipinski definition) is 5. The summed E-state index contributed by atoms with van der Waals surface area (Å²) in [5.74, 6) is 0.738. The van der Waals surface area contributed by atoms with Crippen molar-refractivity contribution in [3.8, 4) is 11.4 Å². The van der Waals surface area contributed by atoms with Crippen molar-refractivity contribution in [2.24, 2.45) is 0 Å². The number of nitrogen functional groups attached to an aromatic ring is 1. The van der Waals surface area contributed by atoms with Crippen molar-refractivity contribution in [1.82, 2.24) is 29.5 Å². The molecule has 0 spiro atoms. The minimum Gasteiger partial charge on any atom is -0.399 e. The molecule has 7 nitrogen and oxygen atoms in total. The van der Waals surface area contributed by atoms with E-state index in [0.29, 0.717) is 11.3 Å². The first-order chi connectivity index (χ1) is 9.74. The lowest BCUT2D eigenvalue weighted by Gasteiger charge is -2.04. The van der Waals surface area contributed by atoms with Gasteiger partial charge in [-0.3, -0.25) is 4.40 Å². The Morgan fingerprint density at radius 2 is 2.10 bits per heavy atom. The molecule has 20 heavy (non-hydrogen) atoms. The van der Waals surface area contributed by atoms with Gasteiger partial charge in [0.05, 0.1) is 6.33 Å². The molecule has 0 aliphatic heterocycles. The number of benzene rings is 1. The number of nitrogens with zero attached hydrogens (tertiary/aromatic N) is 5. The molecule has 3 heterocycles. The van der Waals surface area contributed by atoms with Gasteiger partial charge in [-0.2, -0.15) is 0 Å². The van der Waals surface area contributed by atoms with Gasteiger partial charge < -0.3 is 10.7 Å². The number of nitrogens with one attached hydrogen (secondary N) is 1. The fourth-order valence-corrected chi connectivity index (χ4v) is 2.35. The predicted octanol–water partition coefficient (Wildman–Crippen LogP) is 1.56. The number of H-pyrrole nitrogens is 1. The summed E-state index contributed by atoms with van der Waals surface area (Å²) >= 11 is 0. The summed E-state index contributed by atoms with van der Waals surface area (Å²) in [6.07, 6.45) is 3.28. The topological polar surface area (TPSA) is 97.8 Å². The van der Waals surface area contributed by atoms with E-state index < -0.39 is 0 Å². The van der Waals surface area contributed by atoms with Crippen molar-refractivity contribution in [3.63, 3.8) is 0 Å². The number of aromatic nitrogens is 6. The lowest BCUT2D eigenvalue weighted by Crippen LogP contribution is -1.95. The van der Waals surface area contributed by atoms with Gasteiger partial charge >= 0.3 is 0 Å². The third-order valence-electron chi connectivity index (χ3n) is 3.33. The quantitative estimate of drug-likeness (QED) is 0.509. The Kier molecular flexibility index (Phi) is 2.06. The molecule has 0 saturated heterocycles. The van der Waals surface area contributed by atoms with E-state index in [-0.39, 0.29) is 0 Å². The average molecular weight is 265 g/mol. The highest BCUT2D eigenvalue weighted by atomic mass is 15.3. The van der Waals surface area contributed by atoms with Crippen LogP contribution in [0.15, 0.2) is 30.9 Å². The predicted molar refractivity (Wildman–Crippen MR) is 75.0 cm³/mol. The monoisotopic (exact) mass is 265 g/mol. The molecular formula is C13H11N7. The molecule has 0 bridgehead atoms. The summed E-state index contributed by atoms with van der Waals surface area (Å²) in [5.41, 5.74) is 10.7. The summed E-state index contributed by atoms with van der Waals surface area (Å²) in [6.45, 7) is 1.99. The molecule has 0 atom stereocenters. The van der Waals surface area contributed by atoms with Crippen LogP contribution in [0.2, 0.25) is 0 Å². The Morgan fingerprint density at radius 1 is 1.20 bits per heavy atom. The van der Waals surface area contributed by atoms with Gasteiger partial charge in [0.25, 0.3) is 0 Å². The van der Waals surface area contributed by atoms with Gasteiger partial charge in [0.1, 0.15) is 11.8 Å². The number of hydrogen-bond donors (Lipinski definition) is 2. The van der Waals surface area contributed by atoms with Crippen LogP contribution in [-0.4, -0.2) is 29.5 Å². The maximum atomic E-state index is 5.79. The number of imidazole rings is 1. The van der Waals surface area contributed by atoms with Crippen molar-refractivity contribution in [1.29, 1.82) is 0 Å². The minimum absolute atomic E-state index is 0.630. The Labute approximate surface area is 113 Å². The van der Waals surface area contributed by atoms with Crippen LogP contribution in [0.3, 0.4) is 0 Å². The zero-order chi connectivity index (χ0) is 13.7. The van der Waals surface area contributed by atoms with E-state index in [1.165, 1.54) is 0 Å².